The van der Waals surface area contributed by atoms with Crippen LogP contribution in [0.2, 0.25) is 0 Å². The van der Waals surface area contributed by atoms with Gasteiger partial charge in [-0.05, 0) is 42.6 Å². The van der Waals surface area contributed by atoms with Crippen molar-refractivity contribution in [1.82, 2.24) is 5.32 Å². The van der Waals surface area contributed by atoms with Crippen molar-refractivity contribution in [3.05, 3.63) is 82.6 Å². The zero-order valence-corrected chi connectivity index (χ0v) is 16.5. The summed E-state index contributed by atoms with van der Waals surface area (Å²) in [5.41, 5.74) is 0.835. The van der Waals surface area contributed by atoms with E-state index in [9.17, 15) is 4.79 Å². The molecule has 0 fully saturated rings. The van der Waals surface area contributed by atoms with E-state index in [0.29, 0.717) is 13.1 Å². The molecule has 2 atom stereocenters. The molecule has 0 radical (unpaired) electrons. The number of hydrogen-bond acceptors (Lipinski definition) is 4. The molecule has 1 aromatic carbocycles. The molecule has 1 unspecified atom stereocenters. The van der Waals surface area contributed by atoms with Crippen molar-refractivity contribution in [3.63, 3.8) is 0 Å². The molecule has 1 amide bonds. The van der Waals surface area contributed by atoms with E-state index >= 15 is 0 Å². The zero-order valence-electron chi connectivity index (χ0n) is 15.7. The Labute approximate surface area is 167 Å². The molecule has 0 saturated heterocycles. The van der Waals surface area contributed by atoms with Crippen LogP contribution in [0.5, 0.6) is 0 Å². The summed E-state index contributed by atoms with van der Waals surface area (Å²) in [6.07, 6.45) is 1.67. The third kappa shape index (κ3) is 4.52. The Morgan fingerprint density at radius 1 is 1.14 bits per heavy atom. The second-order valence-corrected chi connectivity index (χ2v) is 7.95. The third-order valence-corrected chi connectivity index (χ3v) is 5.54. The van der Waals surface area contributed by atoms with Crippen molar-refractivity contribution in [1.29, 1.82) is 0 Å². The molecule has 0 aliphatic rings. The van der Waals surface area contributed by atoms with Crippen molar-refractivity contribution in [3.8, 4) is 0 Å². The molecule has 28 heavy (non-hydrogen) atoms. The lowest BCUT2D eigenvalue weighted by Crippen LogP contribution is -3.10. The van der Waals surface area contributed by atoms with Gasteiger partial charge in [0.2, 0.25) is 0 Å². The molecule has 3 aromatic heterocycles. The average molecular weight is 396 g/mol. The molecule has 0 saturated carbocycles. The minimum Gasteiger partial charge on any atom is -0.463 e. The minimum absolute atomic E-state index is 0.00827. The summed E-state index contributed by atoms with van der Waals surface area (Å²) in [6, 6.07) is 17.6. The summed E-state index contributed by atoms with van der Waals surface area (Å²) in [6.45, 7) is 3.76. The summed E-state index contributed by atoms with van der Waals surface area (Å²) in [7, 11) is 0. The Morgan fingerprint density at radius 3 is 2.79 bits per heavy atom. The first-order chi connectivity index (χ1) is 13.7. The van der Waals surface area contributed by atoms with Gasteiger partial charge in [-0.25, -0.2) is 0 Å². The van der Waals surface area contributed by atoms with E-state index in [1.807, 2.05) is 55.5 Å². The first kappa shape index (κ1) is 18.5. The van der Waals surface area contributed by atoms with Crippen LogP contribution in [-0.2, 0) is 17.9 Å². The van der Waals surface area contributed by atoms with Crippen LogP contribution < -0.4 is 10.2 Å². The number of thiophene rings is 1. The molecule has 2 N–H and O–H groups in total. The lowest BCUT2D eigenvalue weighted by Gasteiger charge is -2.19. The van der Waals surface area contributed by atoms with Gasteiger partial charge in [-0.1, -0.05) is 24.3 Å². The van der Waals surface area contributed by atoms with Gasteiger partial charge in [0, 0.05) is 5.39 Å². The van der Waals surface area contributed by atoms with Crippen LogP contribution in [0.4, 0.5) is 0 Å². The van der Waals surface area contributed by atoms with Crippen LogP contribution in [0.25, 0.3) is 11.0 Å². The van der Waals surface area contributed by atoms with Crippen LogP contribution in [0.1, 0.15) is 29.4 Å². The maximum Gasteiger partial charge on any atom is 0.275 e. The highest BCUT2D eigenvalue weighted by Gasteiger charge is 2.20. The highest BCUT2D eigenvalue weighted by Crippen LogP contribution is 2.23. The maximum absolute atomic E-state index is 12.7. The number of quaternary nitrogens is 1. The summed E-state index contributed by atoms with van der Waals surface area (Å²) in [5, 5.41) is 6.17. The molecule has 3 heterocycles. The first-order valence-corrected chi connectivity index (χ1v) is 10.2. The Balaban J connectivity index is 1.41. The number of hydrogen-bond donors (Lipinski definition) is 2. The first-order valence-electron chi connectivity index (χ1n) is 9.33. The number of rotatable bonds is 8. The molecule has 6 heteroatoms. The van der Waals surface area contributed by atoms with E-state index in [0.717, 1.165) is 33.9 Å². The third-order valence-electron chi connectivity index (χ3n) is 4.67. The molecule has 4 rings (SSSR count). The maximum atomic E-state index is 12.7. The van der Waals surface area contributed by atoms with Crippen molar-refractivity contribution in [2.45, 2.75) is 26.1 Å². The number of nitrogens with one attached hydrogen (secondary N) is 2. The molecule has 0 spiro atoms. The standard InChI is InChI=1S/C22H22N2O3S/c1-16(21-12-17-6-2-3-9-20(17)27-21)23-22(25)15-24(13-18-7-4-10-26-18)14-19-8-5-11-28-19/h2-12,16H,13-15H2,1H3,(H,23,25)/p+1/t16-/m0/s1. The fourth-order valence-electron chi connectivity index (χ4n) is 3.31. The number of carbonyl (C=O) groups is 1. The van der Waals surface area contributed by atoms with Gasteiger partial charge in [0.1, 0.15) is 24.4 Å². The molecule has 4 aromatic rings. The van der Waals surface area contributed by atoms with E-state index in [1.165, 1.54) is 4.88 Å². The van der Waals surface area contributed by atoms with Crippen molar-refractivity contribution in [2.75, 3.05) is 6.54 Å². The number of fused-ring (bicyclic) bond motifs is 1. The molecule has 0 aliphatic carbocycles. The minimum atomic E-state index is -0.188. The Kier molecular flexibility index (Phi) is 5.60. The lowest BCUT2D eigenvalue weighted by atomic mass is 10.2. The summed E-state index contributed by atoms with van der Waals surface area (Å²) in [5.74, 6) is 1.64. The van der Waals surface area contributed by atoms with E-state index in [4.69, 9.17) is 8.83 Å². The molecule has 0 aliphatic heterocycles. The summed E-state index contributed by atoms with van der Waals surface area (Å²) in [4.78, 5) is 15.1. The average Bonchev–Trinajstić information content (AvgIpc) is 3.43. The van der Waals surface area contributed by atoms with Crippen molar-refractivity contribution in [2.24, 2.45) is 0 Å². The van der Waals surface area contributed by atoms with Gasteiger partial charge in [0.15, 0.2) is 12.3 Å². The Morgan fingerprint density at radius 2 is 2.04 bits per heavy atom. The van der Waals surface area contributed by atoms with Gasteiger partial charge in [0.05, 0.1) is 17.2 Å². The number of benzene rings is 1. The highest BCUT2D eigenvalue weighted by molar-refractivity contribution is 7.09. The van der Waals surface area contributed by atoms with Gasteiger partial charge in [-0.2, -0.15) is 0 Å². The number of carbonyl (C=O) groups excluding carboxylic acids is 1. The fourth-order valence-corrected chi connectivity index (χ4v) is 4.09. The number of para-hydroxylation sites is 1. The smallest absolute Gasteiger partial charge is 0.275 e. The number of amides is 1. The van der Waals surface area contributed by atoms with Gasteiger partial charge in [-0.15, -0.1) is 11.3 Å². The quantitative estimate of drug-likeness (QED) is 0.480. The van der Waals surface area contributed by atoms with E-state index in [1.54, 1.807) is 17.6 Å². The summed E-state index contributed by atoms with van der Waals surface area (Å²) < 4.78 is 11.4. The van der Waals surface area contributed by atoms with Crippen molar-refractivity contribution < 1.29 is 18.5 Å². The van der Waals surface area contributed by atoms with Crippen LogP contribution in [0, 0.1) is 0 Å². The largest absolute Gasteiger partial charge is 0.463 e. The van der Waals surface area contributed by atoms with Gasteiger partial charge >= 0.3 is 0 Å². The predicted octanol–water partition coefficient (Wildman–Crippen LogP) is 3.55. The van der Waals surface area contributed by atoms with Gasteiger partial charge in [-0.3, -0.25) is 4.79 Å². The van der Waals surface area contributed by atoms with E-state index < -0.39 is 0 Å². The van der Waals surface area contributed by atoms with Crippen LogP contribution in [0.3, 0.4) is 0 Å². The van der Waals surface area contributed by atoms with Gasteiger partial charge in [0.25, 0.3) is 5.91 Å². The normalized spacial score (nSPS) is 13.5. The topological polar surface area (TPSA) is 59.8 Å². The molecule has 5 nitrogen and oxygen atoms in total. The second kappa shape index (κ2) is 8.46. The molecule has 144 valence electrons. The molecular weight excluding hydrogens is 372 g/mol. The van der Waals surface area contributed by atoms with Gasteiger partial charge < -0.3 is 19.1 Å². The van der Waals surface area contributed by atoms with Crippen LogP contribution in [-0.4, -0.2) is 12.5 Å². The van der Waals surface area contributed by atoms with E-state index in [-0.39, 0.29) is 11.9 Å². The Hall–Kier alpha value is -2.83. The monoisotopic (exact) mass is 395 g/mol. The lowest BCUT2D eigenvalue weighted by molar-refractivity contribution is -0.920. The second-order valence-electron chi connectivity index (χ2n) is 6.91. The van der Waals surface area contributed by atoms with Crippen molar-refractivity contribution >= 4 is 28.2 Å². The molecular formula is C22H23N2O3S+. The zero-order chi connectivity index (χ0) is 19.3. The van der Waals surface area contributed by atoms with Crippen LogP contribution in [0.15, 0.2) is 75.1 Å². The highest BCUT2D eigenvalue weighted by atomic mass is 32.1. The fraction of sp³-hybridized carbons (Fsp3) is 0.227. The number of furan rings is 2. The Bertz CT molecular complexity index is 952. The predicted molar refractivity (Wildman–Crippen MR) is 109 cm³/mol. The summed E-state index contributed by atoms with van der Waals surface area (Å²) >= 11 is 1.71. The SMILES string of the molecule is C[C@H](NC(=O)C[NH+](Cc1ccco1)Cc1cccs1)c1cc2ccccc2o1. The van der Waals surface area contributed by atoms with Crippen LogP contribution >= 0.6 is 11.3 Å². The molecule has 0 bridgehead atoms. The van der Waals surface area contributed by atoms with E-state index in [2.05, 4.69) is 16.8 Å².